The van der Waals surface area contributed by atoms with Gasteiger partial charge in [0, 0.05) is 19.0 Å². The average molecular weight is 398 g/mol. The minimum atomic E-state index is -0.483. The molecule has 1 saturated carbocycles. The Labute approximate surface area is 169 Å². The van der Waals surface area contributed by atoms with E-state index in [0.29, 0.717) is 37.1 Å². The first kappa shape index (κ1) is 19.4. The van der Waals surface area contributed by atoms with E-state index < -0.39 is 4.92 Å². The van der Waals surface area contributed by atoms with Crippen LogP contribution in [0.5, 0.6) is 5.75 Å². The van der Waals surface area contributed by atoms with Crippen LogP contribution < -0.4 is 21.5 Å². The molecule has 1 fully saturated rings. The predicted octanol–water partition coefficient (Wildman–Crippen LogP) is 2.57. The molecule has 2 aliphatic rings. The van der Waals surface area contributed by atoms with E-state index in [9.17, 15) is 10.1 Å². The van der Waals surface area contributed by atoms with Crippen LogP contribution in [0.4, 0.5) is 17.5 Å². The van der Waals surface area contributed by atoms with E-state index in [-0.39, 0.29) is 17.5 Å². The number of nitro groups is 1. The SMILES string of the molecule is Nc1nc(NCc2ccc3c(c2)CCO3)nc(CC2CCC(N)CC2)c1[N+](=O)[O-]. The van der Waals surface area contributed by atoms with Crippen LogP contribution in [0.25, 0.3) is 0 Å². The van der Waals surface area contributed by atoms with E-state index >= 15 is 0 Å². The largest absolute Gasteiger partial charge is 0.493 e. The van der Waals surface area contributed by atoms with E-state index in [2.05, 4.69) is 21.4 Å². The van der Waals surface area contributed by atoms with E-state index in [4.69, 9.17) is 16.2 Å². The Morgan fingerprint density at radius 2 is 2.03 bits per heavy atom. The molecule has 1 aromatic heterocycles. The molecule has 5 N–H and O–H groups in total. The highest BCUT2D eigenvalue weighted by Crippen LogP contribution is 2.32. The van der Waals surface area contributed by atoms with Gasteiger partial charge < -0.3 is 21.5 Å². The van der Waals surface area contributed by atoms with Crippen LogP contribution in [0.3, 0.4) is 0 Å². The molecule has 1 aromatic carbocycles. The van der Waals surface area contributed by atoms with Crippen molar-refractivity contribution in [1.82, 2.24) is 9.97 Å². The third kappa shape index (κ3) is 4.40. The van der Waals surface area contributed by atoms with Crippen molar-refractivity contribution in [3.05, 3.63) is 45.1 Å². The molecule has 1 aliphatic heterocycles. The van der Waals surface area contributed by atoms with Crippen LogP contribution >= 0.6 is 0 Å². The van der Waals surface area contributed by atoms with Crippen LogP contribution in [-0.2, 0) is 19.4 Å². The second-order valence-corrected chi connectivity index (χ2v) is 7.86. The summed E-state index contributed by atoms with van der Waals surface area (Å²) < 4.78 is 5.53. The number of nitrogens with two attached hydrogens (primary N) is 2. The lowest BCUT2D eigenvalue weighted by Crippen LogP contribution is -2.27. The van der Waals surface area contributed by atoms with E-state index in [1.165, 1.54) is 5.56 Å². The van der Waals surface area contributed by atoms with Crippen molar-refractivity contribution in [2.45, 2.75) is 51.1 Å². The molecule has 4 rings (SSSR count). The fraction of sp³-hybridized carbons (Fsp3) is 0.500. The van der Waals surface area contributed by atoms with Crippen molar-refractivity contribution in [2.24, 2.45) is 11.7 Å². The second kappa shape index (κ2) is 8.20. The van der Waals surface area contributed by atoms with Gasteiger partial charge in [0.2, 0.25) is 11.8 Å². The van der Waals surface area contributed by atoms with Gasteiger partial charge in [0.15, 0.2) is 0 Å². The number of hydrogen-bond acceptors (Lipinski definition) is 8. The highest BCUT2D eigenvalue weighted by Gasteiger charge is 2.27. The number of fused-ring (bicyclic) bond motifs is 1. The summed E-state index contributed by atoms with van der Waals surface area (Å²) >= 11 is 0. The quantitative estimate of drug-likeness (QED) is 0.498. The summed E-state index contributed by atoms with van der Waals surface area (Å²) in [5.41, 5.74) is 14.4. The van der Waals surface area contributed by atoms with Crippen molar-refractivity contribution in [1.29, 1.82) is 0 Å². The molecule has 9 nitrogen and oxygen atoms in total. The number of ether oxygens (including phenoxy) is 1. The number of hydrogen-bond donors (Lipinski definition) is 3. The van der Waals surface area contributed by atoms with Gasteiger partial charge in [-0.25, -0.2) is 4.98 Å². The summed E-state index contributed by atoms with van der Waals surface area (Å²) in [5, 5.41) is 14.7. The normalized spacial score (nSPS) is 20.7. The molecule has 0 radical (unpaired) electrons. The lowest BCUT2D eigenvalue weighted by Gasteiger charge is -2.25. The molecular formula is C20H26N6O3. The van der Waals surface area contributed by atoms with Crippen molar-refractivity contribution >= 4 is 17.5 Å². The highest BCUT2D eigenvalue weighted by molar-refractivity contribution is 5.58. The minimum Gasteiger partial charge on any atom is -0.493 e. The Morgan fingerprint density at radius 1 is 1.24 bits per heavy atom. The zero-order valence-electron chi connectivity index (χ0n) is 16.3. The molecule has 2 heterocycles. The lowest BCUT2D eigenvalue weighted by molar-refractivity contribution is -0.385. The van der Waals surface area contributed by atoms with Gasteiger partial charge in [0.1, 0.15) is 11.4 Å². The fourth-order valence-corrected chi connectivity index (χ4v) is 4.14. The Kier molecular flexibility index (Phi) is 5.48. The topological polar surface area (TPSA) is 142 Å². The number of anilines is 2. The zero-order chi connectivity index (χ0) is 20.4. The predicted molar refractivity (Wildman–Crippen MR) is 110 cm³/mol. The fourth-order valence-electron chi connectivity index (χ4n) is 4.14. The van der Waals surface area contributed by atoms with Crippen LogP contribution in [0.2, 0.25) is 0 Å². The van der Waals surface area contributed by atoms with Gasteiger partial charge in [-0.15, -0.1) is 0 Å². The first-order valence-electron chi connectivity index (χ1n) is 10.0. The number of rotatable bonds is 6. The third-order valence-corrected chi connectivity index (χ3v) is 5.74. The smallest absolute Gasteiger partial charge is 0.332 e. The highest BCUT2D eigenvalue weighted by atomic mass is 16.6. The molecule has 0 unspecified atom stereocenters. The van der Waals surface area contributed by atoms with Gasteiger partial charge in [0.05, 0.1) is 11.5 Å². The summed E-state index contributed by atoms with van der Waals surface area (Å²) in [6, 6.07) is 6.27. The van der Waals surface area contributed by atoms with Gasteiger partial charge in [-0.05, 0) is 55.2 Å². The molecule has 1 aliphatic carbocycles. The Balaban J connectivity index is 1.51. The van der Waals surface area contributed by atoms with Crippen LogP contribution in [0, 0.1) is 16.0 Å². The van der Waals surface area contributed by atoms with Crippen molar-refractivity contribution < 1.29 is 9.66 Å². The molecule has 0 atom stereocenters. The Bertz CT molecular complexity index is 911. The first-order chi connectivity index (χ1) is 14.0. The summed E-state index contributed by atoms with van der Waals surface area (Å²) in [7, 11) is 0. The maximum Gasteiger partial charge on any atom is 0.332 e. The van der Waals surface area contributed by atoms with Gasteiger partial charge in [0.25, 0.3) is 0 Å². The molecule has 0 saturated heterocycles. The lowest BCUT2D eigenvalue weighted by atomic mass is 9.83. The zero-order valence-corrected chi connectivity index (χ0v) is 16.3. The monoisotopic (exact) mass is 398 g/mol. The van der Waals surface area contributed by atoms with E-state index in [1.54, 1.807) is 0 Å². The number of aromatic nitrogens is 2. The first-order valence-corrected chi connectivity index (χ1v) is 10.0. The summed E-state index contributed by atoms with van der Waals surface area (Å²) in [6.45, 7) is 1.21. The number of benzene rings is 1. The van der Waals surface area contributed by atoms with Crippen molar-refractivity contribution in [3.63, 3.8) is 0 Å². The molecule has 9 heteroatoms. The maximum atomic E-state index is 11.5. The van der Waals surface area contributed by atoms with E-state index in [1.807, 2.05) is 12.1 Å². The standard InChI is InChI=1S/C20H26N6O3/c21-15-4-1-12(2-5-15)10-16-18(26(27)28)19(22)25-20(24-16)23-11-13-3-6-17-14(9-13)7-8-29-17/h3,6,9,12,15H,1-2,4-5,7-8,10-11,21H2,(H3,22,23,24,25). The van der Waals surface area contributed by atoms with Gasteiger partial charge in [-0.3, -0.25) is 10.1 Å². The molecule has 154 valence electrons. The number of nitrogens with one attached hydrogen (secondary N) is 1. The average Bonchev–Trinajstić information content (AvgIpc) is 3.15. The Hall–Kier alpha value is -2.94. The number of nitrogens with zero attached hydrogens (tertiary/aromatic N) is 3. The van der Waals surface area contributed by atoms with Gasteiger partial charge >= 0.3 is 5.69 Å². The molecule has 29 heavy (non-hydrogen) atoms. The third-order valence-electron chi connectivity index (χ3n) is 5.74. The summed E-state index contributed by atoms with van der Waals surface area (Å²) in [6.07, 6.45) is 5.18. The minimum absolute atomic E-state index is 0.0997. The summed E-state index contributed by atoms with van der Waals surface area (Å²) in [4.78, 5) is 19.6. The molecule has 0 spiro atoms. The van der Waals surface area contributed by atoms with Crippen LogP contribution in [0.15, 0.2) is 18.2 Å². The maximum absolute atomic E-state index is 11.5. The molecule has 2 aromatic rings. The van der Waals surface area contributed by atoms with E-state index in [0.717, 1.165) is 43.4 Å². The second-order valence-electron chi connectivity index (χ2n) is 7.86. The van der Waals surface area contributed by atoms with Gasteiger partial charge in [-0.2, -0.15) is 4.98 Å². The molecular weight excluding hydrogens is 372 g/mol. The van der Waals surface area contributed by atoms with Crippen LogP contribution in [-0.4, -0.2) is 27.5 Å². The van der Waals surface area contributed by atoms with Crippen molar-refractivity contribution in [2.75, 3.05) is 17.7 Å². The molecule has 0 amide bonds. The Morgan fingerprint density at radius 3 is 2.79 bits per heavy atom. The van der Waals surface area contributed by atoms with Crippen LogP contribution in [0.1, 0.15) is 42.5 Å². The molecule has 0 bridgehead atoms. The van der Waals surface area contributed by atoms with Crippen molar-refractivity contribution in [3.8, 4) is 5.75 Å². The van der Waals surface area contributed by atoms with Gasteiger partial charge in [-0.1, -0.05) is 12.1 Å². The summed E-state index contributed by atoms with van der Waals surface area (Å²) in [5.74, 6) is 1.47. The number of nitrogen functional groups attached to an aromatic ring is 1.